The van der Waals surface area contributed by atoms with Gasteiger partial charge in [-0.25, -0.2) is 4.98 Å². The summed E-state index contributed by atoms with van der Waals surface area (Å²) >= 11 is 0. The molecule has 0 radical (unpaired) electrons. The van der Waals surface area contributed by atoms with Gasteiger partial charge in [0.25, 0.3) is 0 Å². The fraction of sp³-hybridized carbons (Fsp3) is 0.762. The number of carbonyl (C=O) groups excluding carboxylic acids is 2. The highest BCUT2D eigenvalue weighted by molar-refractivity contribution is 5.80. The summed E-state index contributed by atoms with van der Waals surface area (Å²) in [5, 5.41) is 0. The Morgan fingerprint density at radius 1 is 1.21 bits per heavy atom. The lowest BCUT2D eigenvalue weighted by Gasteiger charge is -2.50. The van der Waals surface area contributed by atoms with E-state index in [1.54, 1.807) is 13.4 Å². The number of fused-ring (bicyclic) bond motifs is 2. The minimum absolute atomic E-state index is 0.0113. The van der Waals surface area contributed by atoms with Gasteiger partial charge in [-0.05, 0) is 44.4 Å². The first-order chi connectivity index (χ1) is 13.5. The number of amides is 2. The van der Waals surface area contributed by atoms with E-state index in [4.69, 9.17) is 4.74 Å². The molecule has 2 aliphatic heterocycles. The number of rotatable bonds is 3. The number of aromatic nitrogens is 2. The van der Waals surface area contributed by atoms with Crippen molar-refractivity contribution in [3.8, 4) is 0 Å². The van der Waals surface area contributed by atoms with Crippen LogP contribution in [0.3, 0.4) is 0 Å². The van der Waals surface area contributed by atoms with Gasteiger partial charge in [-0.1, -0.05) is 6.92 Å². The lowest BCUT2D eigenvalue weighted by Crippen LogP contribution is -2.60. The highest BCUT2D eigenvalue weighted by atomic mass is 16.5. The number of nitrogens with zero attached hydrogens (tertiary/aromatic N) is 3. The van der Waals surface area contributed by atoms with Crippen molar-refractivity contribution in [2.24, 2.45) is 11.8 Å². The van der Waals surface area contributed by atoms with Crippen molar-refractivity contribution in [2.75, 3.05) is 33.4 Å². The number of H-pyrrole nitrogens is 1. The number of imidazole rings is 1. The predicted octanol–water partition coefficient (Wildman–Crippen LogP) is 2.08. The van der Waals surface area contributed by atoms with Crippen LogP contribution in [0, 0.1) is 11.8 Å². The Morgan fingerprint density at radius 3 is 2.61 bits per heavy atom. The lowest BCUT2D eigenvalue weighted by atomic mass is 9.77. The molecule has 1 aromatic heterocycles. The first-order valence-electron chi connectivity index (χ1n) is 10.7. The van der Waals surface area contributed by atoms with Gasteiger partial charge in [0.1, 0.15) is 6.61 Å². The van der Waals surface area contributed by atoms with E-state index in [-0.39, 0.29) is 18.4 Å². The molecule has 1 aromatic rings. The molecule has 4 rings (SSSR count). The molecule has 0 unspecified atom stereocenters. The van der Waals surface area contributed by atoms with Crippen molar-refractivity contribution in [3.05, 3.63) is 17.7 Å². The van der Waals surface area contributed by atoms with Crippen molar-refractivity contribution in [1.82, 2.24) is 19.8 Å². The van der Waals surface area contributed by atoms with E-state index in [0.29, 0.717) is 25.5 Å². The van der Waals surface area contributed by atoms with E-state index in [1.165, 1.54) is 0 Å². The monoisotopic (exact) mass is 388 g/mol. The summed E-state index contributed by atoms with van der Waals surface area (Å²) in [5.41, 5.74) is 1.70. The van der Waals surface area contributed by atoms with Crippen molar-refractivity contribution in [3.63, 3.8) is 0 Å². The quantitative estimate of drug-likeness (QED) is 0.860. The fourth-order valence-corrected chi connectivity index (χ4v) is 5.41. The highest BCUT2D eigenvalue weighted by Gasteiger charge is 2.49. The average Bonchev–Trinajstić information content (AvgIpc) is 3.19. The first-order valence-corrected chi connectivity index (χ1v) is 10.7. The zero-order chi connectivity index (χ0) is 19.7. The van der Waals surface area contributed by atoms with Gasteiger partial charge in [0.2, 0.25) is 11.8 Å². The van der Waals surface area contributed by atoms with Crippen LogP contribution in [0.25, 0.3) is 0 Å². The van der Waals surface area contributed by atoms with Gasteiger partial charge in [0, 0.05) is 44.8 Å². The smallest absolute Gasteiger partial charge is 0.249 e. The third-order valence-corrected chi connectivity index (χ3v) is 7.10. The zero-order valence-electron chi connectivity index (χ0n) is 17.1. The molecule has 1 spiro atoms. The number of methoxy groups -OCH3 is 1. The molecule has 2 amide bonds. The molecule has 2 fully saturated rings. The number of hydrogen-bond donors (Lipinski definition) is 1. The third-order valence-electron chi connectivity index (χ3n) is 7.10. The molecular weight excluding hydrogens is 356 g/mol. The molecule has 28 heavy (non-hydrogen) atoms. The summed E-state index contributed by atoms with van der Waals surface area (Å²) in [6.45, 7) is 4.42. The Balaban J connectivity index is 1.50. The average molecular weight is 389 g/mol. The summed E-state index contributed by atoms with van der Waals surface area (Å²) in [6, 6.07) is 0. The molecule has 7 nitrogen and oxygen atoms in total. The Hall–Kier alpha value is -1.89. The van der Waals surface area contributed by atoms with Gasteiger partial charge in [0.15, 0.2) is 0 Å². The number of carbonyl (C=O) groups is 2. The van der Waals surface area contributed by atoms with Gasteiger partial charge < -0.3 is 19.5 Å². The normalized spacial score (nSPS) is 26.9. The highest BCUT2D eigenvalue weighted by Crippen LogP contribution is 2.43. The molecule has 7 heteroatoms. The maximum Gasteiger partial charge on any atom is 0.249 e. The maximum absolute atomic E-state index is 13.0. The molecular formula is C21H32N4O3. The van der Waals surface area contributed by atoms with Crippen LogP contribution in [0.4, 0.5) is 0 Å². The second-order valence-corrected chi connectivity index (χ2v) is 8.77. The van der Waals surface area contributed by atoms with Crippen LogP contribution < -0.4 is 0 Å². The van der Waals surface area contributed by atoms with Crippen LogP contribution in [0.2, 0.25) is 0 Å². The Bertz CT molecular complexity index is 715. The molecule has 1 N–H and O–H groups in total. The molecule has 1 saturated carbocycles. The molecule has 1 aliphatic carbocycles. The second-order valence-electron chi connectivity index (χ2n) is 8.77. The van der Waals surface area contributed by atoms with Crippen LogP contribution >= 0.6 is 0 Å². The minimum Gasteiger partial charge on any atom is -0.375 e. The minimum atomic E-state index is -0.416. The van der Waals surface area contributed by atoms with Gasteiger partial charge in [0.05, 0.1) is 17.6 Å². The van der Waals surface area contributed by atoms with E-state index in [0.717, 1.165) is 62.3 Å². The first kappa shape index (κ1) is 19.4. The van der Waals surface area contributed by atoms with Crippen molar-refractivity contribution < 1.29 is 14.3 Å². The van der Waals surface area contributed by atoms with Crippen LogP contribution in [-0.4, -0.2) is 64.9 Å². The number of aromatic amines is 1. The topological polar surface area (TPSA) is 78.5 Å². The molecule has 0 atom stereocenters. The second kappa shape index (κ2) is 7.85. The number of ether oxygens (including phenoxy) is 1. The van der Waals surface area contributed by atoms with Gasteiger partial charge >= 0.3 is 0 Å². The number of piperidine rings is 1. The van der Waals surface area contributed by atoms with E-state index >= 15 is 0 Å². The molecule has 0 bridgehead atoms. The third kappa shape index (κ3) is 3.34. The van der Waals surface area contributed by atoms with Crippen LogP contribution in [-0.2, 0) is 26.3 Å². The summed E-state index contributed by atoms with van der Waals surface area (Å²) < 4.78 is 5.12. The van der Waals surface area contributed by atoms with Crippen LogP contribution in [0.15, 0.2) is 6.33 Å². The van der Waals surface area contributed by atoms with Crippen molar-refractivity contribution >= 4 is 11.8 Å². The van der Waals surface area contributed by atoms with Gasteiger partial charge in [-0.15, -0.1) is 0 Å². The van der Waals surface area contributed by atoms with Crippen LogP contribution in [0.5, 0.6) is 0 Å². The lowest BCUT2D eigenvalue weighted by molar-refractivity contribution is -0.149. The van der Waals surface area contributed by atoms with E-state index in [2.05, 4.69) is 16.9 Å². The van der Waals surface area contributed by atoms with E-state index in [9.17, 15) is 9.59 Å². The Morgan fingerprint density at radius 2 is 1.93 bits per heavy atom. The standard InChI is InChI=1S/C21H32N4O3/c1-15-3-5-16(6-4-15)20(27)24-11-8-21(9-12-24)19-17(22-14-23-19)7-10-25(21)18(26)13-28-2/h14-16H,3-13H2,1-2H3,(H,22,23). The zero-order valence-corrected chi connectivity index (χ0v) is 17.1. The largest absolute Gasteiger partial charge is 0.375 e. The SMILES string of the molecule is COCC(=O)N1CCc2[nH]cnc2C12CCN(C(=O)C1CCC(C)CC1)CC2. The van der Waals surface area contributed by atoms with Crippen LogP contribution in [0.1, 0.15) is 56.8 Å². The Labute approximate surface area is 166 Å². The van der Waals surface area contributed by atoms with Crippen molar-refractivity contribution in [1.29, 1.82) is 0 Å². The van der Waals surface area contributed by atoms with E-state index in [1.807, 2.05) is 9.80 Å². The molecule has 3 heterocycles. The predicted molar refractivity (Wildman–Crippen MR) is 104 cm³/mol. The number of hydrogen-bond acceptors (Lipinski definition) is 4. The summed E-state index contributed by atoms with van der Waals surface area (Å²) in [6.07, 6.45) is 8.36. The molecule has 3 aliphatic rings. The molecule has 0 aromatic carbocycles. The summed E-state index contributed by atoms with van der Waals surface area (Å²) in [7, 11) is 1.56. The molecule has 154 valence electrons. The summed E-state index contributed by atoms with van der Waals surface area (Å²) in [5.74, 6) is 1.25. The van der Waals surface area contributed by atoms with Gasteiger partial charge in [-0.3, -0.25) is 9.59 Å². The Kier molecular flexibility index (Phi) is 5.45. The van der Waals surface area contributed by atoms with Crippen molar-refractivity contribution in [2.45, 2.75) is 57.4 Å². The van der Waals surface area contributed by atoms with E-state index < -0.39 is 5.54 Å². The summed E-state index contributed by atoms with van der Waals surface area (Å²) in [4.78, 5) is 37.7. The maximum atomic E-state index is 13.0. The fourth-order valence-electron chi connectivity index (χ4n) is 5.41. The number of likely N-dealkylation sites (tertiary alicyclic amines) is 1. The number of nitrogens with one attached hydrogen (secondary N) is 1. The molecule has 1 saturated heterocycles. The van der Waals surface area contributed by atoms with Gasteiger partial charge in [-0.2, -0.15) is 0 Å².